The fourth-order valence-corrected chi connectivity index (χ4v) is 1.40. The SMILES string of the molecule is C=C[C@@H](N)c1c(Cl)ccc(Cl)c1F. The zero-order chi connectivity index (χ0) is 10.0. The standard InChI is InChI=1S/C9H8Cl2FN/c1-2-7(13)8-5(10)3-4-6(11)9(8)12/h2-4,7H,1,13H2/t7-/m1/s1. The van der Waals surface area contributed by atoms with Crippen LogP contribution in [0.2, 0.25) is 10.0 Å². The lowest BCUT2D eigenvalue weighted by molar-refractivity contribution is 0.603. The fourth-order valence-electron chi connectivity index (χ4n) is 0.966. The lowest BCUT2D eigenvalue weighted by Gasteiger charge is -2.10. The van der Waals surface area contributed by atoms with E-state index in [0.29, 0.717) is 0 Å². The molecule has 1 atom stereocenters. The normalized spacial score (nSPS) is 12.6. The van der Waals surface area contributed by atoms with Gasteiger partial charge in [-0.1, -0.05) is 29.3 Å². The van der Waals surface area contributed by atoms with E-state index in [-0.39, 0.29) is 15.6 Å². The van der Waals surface area contributed by atoms with E-state index in [1.807, 2.05) is 0 Å². The van der Waals surface area contributed by atoms with Gasteiger partial charge in [-0.3, -0.25) is 0 Å². The number of hydrogen-bond donors (Lipinski definition) is 1. The molecule has 1 rings (SSSR count). The molecule has 0 aliphatic carbocycles. The molecule has 1 aromatic rings. The van der Waals surface area contributed by atoms with Crippen molar-refractivity contribution in [3.05, 3.63) is 46.2 Å². The Bertz CT molecular complexity index is 339. The summed E-state index contributed by atoms with van der Waals surface area (Å²) in [6.45, 7) is 3.46. The summed E-state index contributed by atoms with van der Waals surface area (Å²) in [5.74, 6) is -0.582. The Hall–Kier alpha value is -0.570. The predicted octanol–water partition coefficient (Wildman–Crippen LogP) is 3.32. The first-order chi connectivity index (χ1) is 6.07. The Morgan fingerprint density at radius 3 is 2.46 bits per heavy atom. The van der Waals surface area contributed by atoms with E-state index in [9.17, 15) is 4.39 Å². The van der Waals surface area contributed by atoms with Gasteiger partial charge in [0.2, 0.25) is 0 Å². The molecule has 4 heteroatoms. The molecule has 0 unspecified atom stereocenters. The molecule has 0 radical (unpaired) electrons. The van der Waals surface area contributed by atoms with E-state index < -0.39 is 11.9 Å². The zero-order valence-corrected chi connectivity index (χ0v) is 8.24. The second-order valence-electron chi connectivity index (χ2n) is 2.52. The van der Waals surface area contributed by atoms with Crippen LogP contribution in [0.3, 0.4) is 0 Å². The summed E-state index contributed by atoms with van der Waals surface area (Å²) >= 11 is 11.3. The van der Waals surface area contributed by atoms with Crippen molar-refractivity contribution in [1.82, 2.24) is 0 Å². The Balaban J connectivity index is 3.32. The lowest BCUT2D eigenvalue weighted by atomic mass is 10.1. The van der Waals surface area contributed by atoms with Gasteiger partial charge >= 0.3 is 0 Å². The topological polar surface area (TPSA) is 26.0 Å². The molecule has 0 saturated heterocycles. The minimum Gasteiger partial charge on any atom is -0.321 e. The van der Waals surface area contributed by atoms with Crippen LogP contribution in [-0.2, 0) is 0 Å². The molecule has 70 valence electrons. The Morgan fingerprint density at radius 1 is 1.38 bits per heavy atom. The zero-order valence-electron chi connectivity index (χ0n) is 6.73. The van der Waals surface area contributed by atoms with Crippen LogP contribution >= 0.6 is 23.2 Å². The van der Waals surface area contributed by atoms with Crippen molar-refractivity contribution < 1.29 is 4.39 Å². The second kappa shape index (κ2) is 4.09. The summed E-state index contributed by atoms with van der Waals surface area (Å²) in [5, 5.41) is 0.269. The van der Waals surface area contributed by atoms with E-state index in [4.69, 9.17) is 28.9 Å². The largest absolute Gasteiger partial charge is 0.321 e. The number of hydrogen-bond acceptors (Lipinski definition) is 1. The fraction of sp³-hybridized carbons (Fsp3) is 0.111. The first-order valence-corrected chi connectivity index (χ1v) is 4.35. The van der Waals surface area contributed by atoms with Crippen molar-refractivity contribution in [2.45, 2.75) is 6.04 Å². The van der Waals surface area contributed by atoms with Gasteiger partial charge in [0.15, 0.2) is 0 Å². The Morgan fingerprint density at radius 2 is 1.92 bits per heavy atom. The Labute approximate surface area is 85.9 Å². The van der Waals surface area contributed by atoms with Crippen LogP contribution in [0.4, 0.5) is 4.39 Å². The van der Waals surface area contributed by atoms with Crippen LogP contribution in [0.1, 0.15) is 11.6 Å². The van der Waals surface area contributed by atoms with Gasteiger partial charge in [-0.05, 0) is 12.1 Å². The predicted molar refractivity (Wildman–Crippen MR) is 53.5 cm³/mol. The quantitative estimate of drug-likeness (QED) is 0.600. The third-order valence-corrected chi connectivity index (χ3v) is 2.29. The molecular formula is C9H8Cl2FN. The molecule has 0 spiro atoms. The monoisotopic (exact) mass is 219 g/mol. The van der Waals surface area contributed by atoms with Crippen molar-refractivity contribution in [3.8, 4) is 0 Å². The molecule has 0 saturated carbocycles. The molecular weight excluding hydrogens is 212 g/mol. The van der Waals surface area contributed by atoms with E-state index in [1.165, 1.54) is 18.2 Å². The molecule has 0 aliphatic heterocycles. The average molecular weight is 220 g/mol. The third-order valence-electron chi connectivity index (χ3n) is 1.67. The summed E-state index contributed by atoms with van der Waals surface area (Å²) in [4.78, 5) is 0. The van der Waals surface area contributed by atoms with E-state index in [0.717, 1.165) is 0 Å². The maximum atomic E-state index is 13.4. The van der Waals surface area contributed by atoms with Crippen LogP contribution in [-0.4, -0.2) is 0 Å². The minimum atomic E-state index is -0.633. The van der Waals surface area contributed by atoms with Crippen LogP contribution in [0.15, 0.2) is 24.8 Å². The van der Waals surface area contributed by atoms with Gasteiger partial charge in [0.05, 0.1) is 11.1 Å². The van der Waals surface area contributed by atoms with Gasteiger partial charge in [-0.15, -0.1) is 6.58 Å². The molecule has 0 bridgehead atoms. The van der Waals surface area contributed by atoms with Gasteiger partial charge in [0, 0.05) is 10.6 Å². The number of rotatable bonds is 2. The van der Waals surface area contributed by atoms with Gasteiger partial charge in [-0.2, -0.15) is 0 Å². The van der Waals surface area contributed by atoms with E-state index in [2.05, 4.69) is 6.58 Å². The number of nitrogens with two attached hydrogens (primary N) is 1. The smallest absolute Gasteiger partial charge is 0.148 e. The summed E-state index contributed by atoms with van der Waals surface area (Å²) < 4.78 is 13.4. The van der Waals surface area contributed by atoms with Crippen LogP contribution in [0, 0.1) is 5.82 Å². The second-order valence-corrected chi connectivity index (χ2v) is 3.33. The molecule has 0 aliphatic rings. The number of halogens is 3. The van der Waals surface area contributed by atoms with Gasteiger partial charge in [0.1, 0.15) is 5.82 Å². The van der Waals surface area contributed by atoms with Crippen molar-refractivity contribution >= 4 is 23.2 Å². The van der Waals surface area contributed by atoms with Crippen molar-refractivity contribution in [2.24, 2.45) is 5.73 Å². The highest BCUT2D eigenvalue weighted by atomic mass is 35.5. The average Bonchev–Trinajstić information content (AvgIpc) is 2.12. The van der Waals surface area contributed by atoms with Crippen molar-refractivity contribution in [3.63, 3.8) is 0 Å². The van der Waals surface area contributed by atoms with Gasteiger partial charge in [-0.25, -0.2) is 4.39 Å². The molecule has 0 amide bonds. The van der Waals surface area contributed by atoms with E-state index >= 15 is 0 Å². The van der Waals surface area contributed by atoms with Gasteiger partial charge < -0.3 is 5.73 Å². The summed E-state index contributed by atoms with van der Waals surface area (Å²) in [6, 6.07) is 2.26. The summed E-state index contributed by atoms with van der Waals surface area (Å²) in [6.07, 6.45) is 1.40. The van der Waals surface area contributed by atoms with E-state index in [1.54, 1.807) is 0 Å². The van der Waals surface area contributed by atoms with Gasteiger partial charge in [0.25, 0.3) is 0 Å². The lowest BCUT2D eigenvalue weighted by Crippen LogP contribution is -2.09. The third kappa shape index (κ3) is 2.02. The van der Waals surface area contributed by atoms with Crippen LogP contribution in [0.25, 0.3) is 0 Å². The first-order valence-electron chi connectivity index (χ1n) is 3.59. The highest BCUT2D eigenvalue weighted by Crippen LogP contribution is 2.29. The van der Waals surface area contributed by atoms with Crippen molar-refractivity contribution in [2.75, 3.05) is 0 Å². The summed E-state index contributed by atoms with van der Waals surface area (Å²) in [5.41, 5.74) is 5.75. The van der Waals surface area contributed by atoms with Crippen LogP contribution in [0.5, 0.6) is 0 Å². The minimum absolute atomic E-state index is 0.0108. The molecule has 0 heterocycles. The maximum Gasteiger partial charge on any atom is 0.148 e. The van der Waals surface area contributed by atoms with Crippen LogP contribution < -0.4 is 5.73 Å². The van der Waals surface area contributed by atoms with Crippen molar-refractivity contribution in [1.29, 1.82) is 0 Å². The highest BCUT2D eigenvalue weighted by Gasteiger charge is 2.15. The molecule has 0 fully saturated rings. The number of benzene rings is 1. The molecule has 2 N–H and O–H groups in total. The molecule has 1 aromatic carbocycles. The molecule has 0 aromatic heterocycles. The maximum absolute atomic E-state index is 13.4. The summed E-state index contributed by atoms with van der Waals surface area (Å²) in [7, 11) is 0. The highest BCUT2D eigenvalue weighted by molar-refractivity contribution is 6.33. The molecule has 1 nitrogen and oxygen atoms in total. The Kier molecular flexibility index (Phi) is 3.31. The first kappa shape index (κ1) is 10.5. The molecule has 13 heavy (non-hydrogen) atoms.